The lowest BCUT2D eigenvalue weighted by Crippen LogP contribution is -2.35. The van der Waals surface area contributed by atoms with E-state index in [1.165, 1.54) is 5.56 Å². The summed E-state index contributed by atoms with van der Waals surface area (Å²) in [6.45, 7) is 14.0. The lowest BCUT2D eigenvalue weighted by molar-refractivity contribution is 0.0897. The zero-order valence-electron chi connectivity index (χ0n) is 15.8. The van der Waals surface area contributed by atoms with Gasteiger partial charge in [0.15, 0.2) is 5.78 Å². The quantitative estimate of drug-likeness (QED) is 0.684. The minimum Gasteiger partial charge on any atom is -0.346 e. The van der Waals surface area contributed by atoms with Gasteiger partial charge in [-0.1, -0.05) is 30.3 Å². The first kappa shape index (κ1) is 18.5. The summed E-state index contributed by atoms with van der Waals surface area (Å²) in [5, 5.41) is 0. The number of hydrogen-bond acceptors (Lipinski definition) is 2. The van der Waals surface area contributed by atoms with Crippen molar-refractivity contribution in [3.63, 3.8) is 0 Å². The van der Waals surface area contributed by atoms with Gasteiger partial charge in [-0.2, -0.15) is 0 Å². The number of carbonyl (C=O) groups excluding carboxylic acids is 1. The molecule has 0 saturated carbocycles. The molecule has 1 heterocycles. The van der Waals surface area contributed by atoms with Crippen molar-refractivity contribution < 1.29 is 4.79 Å². The second-order valence-electron chi connectivity index (χ2n) is 7.16. The van der Waals surface area contributed by atoms with E-state index >= 15 is 0 Å². The van der Waals surface area contributed by atoms with Gasteiger partial charge in [0.05, 0.1) is 6.54 Å². The number of aromatic nitrogens is 1. The zero-order valence-corrected chi connectivity index (χ0v) is 15.8. The van der Waals surface area contributed by atoms with Crippen LogP contribution in [-0.4, -0.2) is 27.8 Å². The van der Waals surface area contributed by atoms with E-state index in [1.807, 2.05) is 24.3 Å². The molecule has 0 fully saturated rings. The maximum Gasteiger partial charge on any atom is 0.178 e. The Morgan fingerprint density at radius 1 is 1.08 bits per heavy atom. The molecule has 3 nitrogen and oxygen atoms in total. The molecule has 1 aromatic heterocycles. The first-order valence-corrected chi connectivity index (χ1v) is 8.80. The van der Waals surface area contributed by atoms with Crippen molar-refractivity contribution in [2.24, 2.45) is 0 Å². The third kappa shape index (κ3) is 4.15. The van der Waals surface area contributed by atoms with Gasteiger partial charge in [0.25, 0.3) is 0 Å². The molecule has 2 rings (SSSR count). The highest BCUT2D eigenvalue weighted by molar-refractivity contribution is 5.99. The van der Waals surface area contributed by atoms with Crippen molar-refractivity contribution in [3.8, 4) is 0 Å². The van der Waals surface area contributed by atoms with Crippen molar-refractivity contribution in [3.05, 3.63) is 58.9 Å². The number of Topliss-reactive ketones (excluding diaryl/α,β-unsaturated/α-hetero) is 1. The highest BCUT2D eigenvalue weighted by Crippen LogP contribution is 2.21. The molecule has 0 saturated heterocycles. The van der Waals surface area contributed by atoms with Crippen molar-refractivity contribution in [1.82, 2.24) is 9.47 Å². The average Bonchev–Trinajstić information content (AvgIpc) is 2.82. The van der Waals surface area contributed by atoms with Crippen LogP contribution < -0.4 is 0 Å². The SMILES string of the molecule is Cc1cc(C(=O)CN(Cc2ccccc2)C(C)C)c(C)n1C(C)C. The fourth-order valence-electron chi connectivity index (χ4n) is 3.36. The number of benzene rings is 1. The third-order valence-corrected chi connectivity index (χ3v) is 4.61. The topological polar surface area (TPSA) is 25.2 Å². The van der Waals surface area contributed by atoms with Crippen LogP contribution >= 0.6 is 0 Å². The predicted molar refractivity (Wildman–Crippen MR) is 101 cm³/mol. The Hall–Kier alpha value is -1.87. The second kappa shape index (κ2) is 7.80. The molecule has 3 heteroatoms. The van der Waals surface area contributed by atoms with Gasteiger partial charge in [-0.25, -0.2) is 0 Å². The summed E-state index contributed by atoms with van der Waals surface area (Å²) in [7, 11) is 0. The fourth-order valence-corrected chi connectivity index (χ4v) is 3.36. The van der Waals surface area contributed by atoms with Gasteiger partial charge in [-0.15, -0.1) is 0 Å². The van der Waals surface area contributed by atoms with E-state index in [2.05, 4.69) is 63.1 Å². The largest absolute Gasteiger partial charge is 0.346 e. The van der Waals surface area contributed by atoms with E-state index < -0.39 is 0 Å². The van der Waals surface area contributed by atoms with E-state index in [4.69, 9.17) is 0 Å². The number of hydrogen-bond donors (Lipinski definition) is 0. The molecule has 0 aliphatic rings. The summed E-state index contributed by atoms with van der Waals surface area (Å²) in [6.07, 6.45) is 0. The van der Waals surface area contributed by atoms with Crippen molar-refractivity contribution >= 4 is 5.78 Å². The van der Waals surface area contributed by atoms with Gasteiger partial charge in [-0.3, -0.25) is 9.69 Å². The number of aryl methyl sites for hydroxylation is 1. The third-order valence-electron chi connectivity index (χ3n) is 4.61. The van der Waals surface area contributed by atoms with Crippen LogP contribution in [0.5, 0.6) is 0 Å². The summed E-state index contributed by atoms with van der Waals surface area (Å²) in [5.74, 6) is 0.208. The highest BCUT2D eigenvalue weighted by atomic mass is 16.1. The van der Waals surface area contributed by atoms with Crippen LogP contribution in [0.15, 0.2) is 36.4 Å². The zero-order chi connectivity index (χ0) is 17.9. The van der Waals surface area contributed by atoms with Crippen molar-refractivity contribution in [2.75, 3.05) is 6.54 Å². The molecule has 130 valence electrons. The standard InChI is InChI=1S/C21H30N2O/c1-15(2)22(13-19-10-8-7-9-11-19)14-21(24)20-12-17(5)23(16(3)4)18(20)6/h7-12,15-16H,13-14H2,1-6H3. The van der Waals surface area contributed by atoms with Crippen LogP contribution in [0.3, 0.4) is 0 Å². The van der Waals surface area contributed by atoms with E-state index in [1.54, 1.807) is 0 Å². The summed E-state index contributed by atoms with van der Waals surface area (Å²) >= 11 is 0. The van der Waals surface area contributed by atoms with Crippen LogP contribution in [0.25, 0.3) is 0 Å². The highest BCUT2D eigenvalue weighted by Gasteiger charge is 2.20. The molecule has 0 unspecified atom stereocenters. The molecule has 0 N–H and O–H groups in total. The summed E-state index contributed by atoms with van der Waals surface area (Å²) in [6, 6.07) is 13.1. The molecule has 0 amide bonds. The Labute approximate surface area is 146 Å². The Morgan fingerprint density at radius 3 is 2.21 bits per heavy atom. The first-order chi connectivity index (χ1) is 11.3. The number of rotatable bonds is 7. The molecule has 24 heavy (non-hydrogen) atoms. The van der Waals surface area contributed by atoms with E-state index in [-0.39, 0.29) is 5.78 Å². The minimum absolute atomic E-state index is 0.208. The molecule has 0 radical (unpaired) electrons. The molecule has 1 aromatic carbocycles. The van der Waals surface area contributed by atoms with E-state index in [9.17, 15) is 4.79 Å². The van der Waals surface area contributed by atoms with E-state index in [0.29, 0.717) is 18.6 Å². The van der Waals surface area contributed by atoms with Crippen molar-refractivity contribution in [1.29, 1.82) is 0 Å². The Kier molecular flexibility index (Phi) is 6.00. The molecule has 0 aliphatic heterocycles. The average molecular weight is 326 g/mol. The second-order valence-corrected chi connectivity index (χ2v) is 7.16. The van der Waals surface area contributed by atoms with Gasteiger partial charge in [0.1, 0.15) is 0 Å². The van der Waals surface area contributed by atoms with Gasteiger partial charge < -0.3 is 4.57 Å². The number of ketones is 1. The molecule has 0 aliphatic carbocycles. The van der Waals surface area contributed by atoms with Gasteiger partial charge in [-0.05, 0) is 53.2 Å². The number of carbonyl (C=O) groups is 1. The minimum atomic E-state index is 0.208. The molecule has 0 atom stereocenters. The number of nitrogens with zero attached hydrogens (tertiary/aromatic N) is 2. The Morgan fingerprint density at radius 2 is 1.71 bits per heavy atom. The smallest absolute Gasteiger partial charge is 0.178 e. The fraction of sp³-hybridized carbons (Fsp3) is 0.476. The van der Waals surface area contributed by atoms with Crippen molar-refractivity contribution in [2.45, 2.75) is 60.2 Å². The van der Waals surface area contributed by atoms with Gasteiger partial charge >= 0.3 is 0 Å². The predicted octanol–water partition coefficient (Wildman–Crippen LogP) is 4.78. The van der Waals surface area contributed by atoms with Crippen LogP contribution in [-0.2, 0) is 6.54 Å². The van der Waals surface area contributed by atoms with Crippen LogP contribution in [0.4, 0.5) is 0 Å². The molecule has 2 aromatic rings. The molecular formula is C21H30N2O. The molecule has 0 spiro atoms. The van der Waals surface area contributed by atoms with Crippen LogP contribution in [0, 0.1) is 13.8 Å². The van der Waals surface area contributed by atoms with Crippen LogP contribution in [0.1, 0.15) is 61.0 Å². The maximum atomic E-state index is 12.9. The monoisotopic (exact) mass is 326 g/mol. The normalized spacial score (nSPS) is 11.7. The summed E-state index contributed by atoms with van der Waals surface area (Å²) in [5.41, 5.74) is 4.34. The lowest BCUT2D eigenvalue weighted by atomic mass is 10.1. The first-order valence-electron chi connectivity index (χ1n) is 8.80. The Bertz CT molecular complexity index is 683. The lowest BCUT2D eigenvalue weighted by Gasteiger charge is -2.26. The van der Waals surface area contributed by atoms with Gasteiger partial charge in [0, 0.05) is 35.6 Å². The summed E-state index contributed by atoms with van der Waals surface area (Å²) in [4.78, 5) is 15.1. The molecular weight excluding hydrogens is 296 g/mol. The summed E-state index contributed by atoms with van der Waals surface area (Å²) < 4.78 is 2.24. The Balaban J connectivity index is 2.18. The maximum absolute atomic E-state index is 12.9. The van der Waals surface area contributed by atoms with Crippen LogP contribution in [0.2, 0.25) is 0 Å². The molecule has 0 bridgehead atoms. The van der Waals surface area contributed by atoms with Gasteiger partial charge in [0.2, 0.25) is 0 Å². The van der Waals surface area contributed by atoms with E-state index in [0.717, 1.165) is 23.5 Å².